The highest BCUT2D eigenvalue weighted by atomic mass is 15.1. The van der Waals surface area contributed by atoms with Gasteiger partial charge in [-0.1, -0.05) is 36.4 Å². The van der Waals surface area contributed by atoms with Crippen LogP contribution in [-0.2, 0) is 0 Å². The first-order chi connectivity index (χ1) is 13.7. The molecule has 1 aliphatic rings. The van der Waals surface area contributed by atoms with Gasteiger partial charge in [-0.05, 0) is 81.8 Å². The summed E-state index contributed by atoms with van der Waals surface area (Å²) in [5.41, 5.74) is 5.52. The Bertz CT molecular complexity index is 682. The number of rotatable bonds is 9. The molecule has 28 heavy (non-hydrogen) atoms. The summed E-state index contributed by atoms with van der Waals surface area (Å²) in [6.45, 7) is 13.1. The van der Waals surface area contributed by atoms with Crippen molar-refractivity contribution in [2.75, 3.05) is 36.0 Å². The molecule has 0 saturated heterocycles. The smallest absolute Gasteiger partial charge is 0.0366 e. The minimum Gasteiger partial charge on any atom is -0.372 e. The molecule has 0 fully saturated rings. The van der Waals surface area contributed by atoms with Gasteiger partial charge in [0.2, 0.25) is 0 Å². The van der Waals surface area contributed by atoms with Crippen LogP contribution in [0, 0.1) is 5.92 Å². The van der Waals surface area contributed by atoms with Crippen molar-refractivity contribution in [1.82, 2.24) is 0 Å². The van der Waals surface area contributed by atoms with Crippen LogP contribution >= 0.6 is 0 Å². The Kier molecular flexibility index (Phi) is 7.19. The van der Waals surface area contributed by atoms with Crippen LogP contribution in [0.15, 0.2) is 60.7 Å². The quantitative estimate of drug-likeness (QED) is 0.462. The van der Waals surface area contributed by atoms with Crippen molar-refractivity contribution < 1.29 is 0 Å². The molecule has 1 atom stereocenters. The van der Waals surface area contributed by atoms with E-state index in [9.17, 15) is 0 Å². The lowest BCUT2D eigenvalue weighted by Gasteiger charge is -2.27. The Balaban J connectivity index is 1.91. The number of benzene rings is 2. The number of anilines is 2. The van der Waals surface area contributed by atoms with Crippen molar-refractivity contribution in [3.8, 4) is 0 Å². The Morgan fingerprint density at radius 3 is 1.46 bits per heavy atom. The van der Waals surface area contributed by atoms with Gasteiger partial charge >= 0.3 is 0 Å². The van der Waals surface area contributed by atoms with Crippen LogP contribution < -0.4 is 9.80 Å². The Morgan fingerprint density at radius 1 is 0.714 bits per heavy atom. The predicted molar refractivity (Wildman–Crippen MR) is 124 cm³/mol. The molecule has 150 valence electrons. The number of allylic oxidation sites excluding steroid dienone is 2. The highest BCUT2D eigenvalue weighted by molar-refractivity contribution is 5.52. The maximum Gasteiger partial charge on any atom is 0.0366 e. The van der Waals surface area contributed by atoms with E-state index >= 15 is 0 Å². The van der Waals surface area contributed by atoms with Crippen LogP contribution in [0.1, 0.15) is 57.6 Å². The van der Waals surface area contributed by atoms with E-state index in [1.807, 2.05) is 0 Å². The van der Waals surface area contributed by atoms with Crippen molar-refractivity contribution in [1.29, 1.82) is 0 Å². The molecule has 0 saturated carbocycles. The van der Waals surface area contributed by atoms with Crippen LogP contribution in [0.2, 0.25) is 0 Å². The zero-order valence-corrected chi connectivity index (χ0v) is 18.1. The summed E-state index contributed by atoms with van der Waals surface area (Å²) in [7, 11) is 0. The second-order valence-electron chi connectivity index (χ2n) is 7.67. The van der Waals surface area contributed by atoms with Crippen molar-refractivity contribution in [3.63, 3.8) is 0 Å². The van der Waals surface area contributed by atoms with Gasteiger partial charge in [0.05, 0.1) is 0 Å². The van der Waals surface area contributed by atoms with Gasteiger partial charge in [0.1, 0.15) is 0 Å². The average molecular weight is 377 g/mol. The first kappa shape index (κ1) is 20.5. The molecule has 0 aliphatic heterocycles. The van der Waals surface area contributed by atoms with E-state index in [1.54, 1.807) is 0 Å². The lowest BCUT2D eigenvalue weighted by atomic mass is 9.80. The van der Waals surface area contributed by atoms with Gasteiger partial charge < -0.3 is 9.80 Å². The first-order valence-corrected chi connectivity index (χ1v) is 11.1. The molecule has 0 bridgehead atoms. The van der Waals surface area contributed by atoms with Gasteiger partial charge in [-0.2, -0.15) is 0 Å². The molecule has 0 heterocycles. The van der Waals surface area contributed by atoms with Gasteiger partial charge in [-0.3, -0.25) is 0 Å². The van der Waals surface area contributed by atoms with Crippen LogP contribution in [0.3, 0.4) is 0 Å². The Labute approximate surface area is 171 Å². The minimum atomic E-state index is 0.440. The van der Waals surface area contributed by atoms with E-state index in [0.29, 0.717) is 11.8 Å². The molecule has 3 rings (SSSR count). The second-order valence-corrected chi connectivity index (χ2v) is 7.67. The van der Waals surface area contributed by atoms with E-state index in [0.717, 1.165) is 26.2 Å². The standard InChI is InChI=1S/C26H36N2/c1-5-27(6-2)24-17-13-22(14-18-24)26(21-11-9-10-12-21)23-15-19-25(20-16-23)28(7-3)8-4/h9,11,13-21,26H,5-8,10,12H2,1-4H3. The van der Waals surface area contributed by atoms with Crippen molar-refractivity contribution in [2.24, 2.45) is 5.92 Å². The molecular weight excluding hydrogens is 340 g/mol. The maximum atomic E-state index is 2.43. The zero-order valence-electron chi connectivity index (χ0n) is 18.1. The molecule has 0 aromatic heterocycles. The third-order valence-electron chi connectivity index (χ3n) is 6.24. The fourth-order valence-electron chi connectivity index (χ4n) is 4.58. The Hall–Kier alpha value is -2.22. The topological polar surface area (TPSA) is 6.48 Å². The molecule has 2 heteroatoms. The molecule has 0 N–H and O–H groups in total. The highest BCUT2D eigenvalue weighted by Crippen LogP contribution is 2.39. The summed E-state index contributed by atoms with van der Waals surface area (Å²) in [5, 5.41) is 0. The molecule has 2 nitrogen and oxygen atoms in total. The van der Waals surface area contributed by atoms with Crippen LogP contribution in [0.25, 0.3) is 0 Å². The SMILES string of the molecule is CCN(CC)c1ccc(C(c2ccc(N(CC)CC)cc2)C2C=CCC2)cc1. The van der Waals surface area contributed by atoms with E-state index in [1.165, 1.54) is 35.3 Å². The second kappa shape index (κ2) is 9.82. The summed E-state index contributed by atoms with van der Waals surface area (Å²) >= 11 is 0. The third-order valence-corrected chi connectivity index (χ3v) is 6.24. The van der Waals surface area contributed by atoms with Gasteiger partial charge in [0, 0.05) is 43.5 Å². The first-order valence-electron chi connectivity index (χ1n) is 11.1. The largest absolute Gasteiger partial charge is 0.372 e. The monoisotopic (exact) mass is 376 g/mol. The van der Waals surface area contributed by atoms with Gasteiger partial charge in [-0.25, -0.2) is 0 Å². The van der Waals surface area contributed by atoms with E-state index in [4.69, 9.17) is 0 Å². The summed E-state index contributed by atoms with van der Waals surface area (Å²) < 4.78 is 0. The van der Waals surface area contributed by atoms with E-state index in [2.05, 4.69) is 98.2 Å². The molecular formula is C26H36N2. The molecule has 2 aromatic rings. The molecule has 0 radical (unpaired) electrons. The molecule has 0 spiro atoms. The predicted octanol–water partition coefficient (Wildman–Crippen LogP) is 6.48. The molecule has 2 aromatic carbocycles. The lowest BCUT2D eigenvalue weighted by Crippen LogP contribution is -2.22. The normalized spacial score (nSPS) is 16.0. The van der Waals surface area contributed by atoms with Gasteiger partial charge in [0.15, 0.2) is 0 Å². The van der Waals surface area contributed by atoms with Crippen molar-refractivity contribution >= 4 is 11.4 Å². The molecule has 1 unspecified atom stereocenters. The summed E-state index contributed by atoms with van der Waals surface area (Å²) in [5.74, 6) is 1.04. The zero-order chi connectivity index (χ0) is 19.9. The van der Waals surface area contributed by atoms with Crippen LogP contribution in [0.5, 0.6) is 0 Å². The molecule has 0 amide bonds. The van der Waals surface area contributed by atoms with Crippen molar-refractivity contribution in [3.05, 3.63) is 71.8 Å². The van der Waals surface area contributed by atoms with E-state index in [-0.39, 0.29) is 0 Å². The minimum absolute atomic E-state index is 0.440. The molecule has 1 aliphatic carbocycles. The van der Waals surface area contributed by atoms with Crippen molar-refractivity contribution in [2.45, 2.75) is 46.5 Å². The lowest BCUT2D eigenvalue weighted by molar-refractivity contribution is 0.557. The number of hydrogen-bond donors (Lipinski definition) is 0. The maximum absolute atomic E-state index is 2.43. The third kappa shape index (κ3) is 4.43. The fraction of sp³-hybridized carbons (Fsp3) is 0.462. The van der Waals surface area contributed by atoms with Gasteiger partial charge in [-0.15, -0.1) is 0 Å². The van der Waals surface area contributed by atoms with E-state index < -0.39 is 0 Å². The number of nitrogens with zero attached hydrogens (tertiary/aromatic N) is 2. The average Bonchev–Trinajstić information content (AvgIpc) is 3.26. The highest BCUT2D eigenvalue weighted by Gasteiger charge is 2.25. The summed E-state index contributed by atoms with van der Waals surface area (Å²) in [6, 6.07) is 18.6. The van der Waals surface area contributed by atoms with Crippen LogP contribution in [-0.4, -0.2) is 26.2 Å². The summed E-state index contributed by atoms with van der Waals surface area (Å²) in [4.78, 5) is 4.82. The van der Waals surface area contributed by atoms with Crippen LogP contribution in [0.4, 0.5) is 11.4 Å². The Morgan fingerprint density at radius 2 is 1.14 bits per heavy atom. The fourth-order valence-corrected chi connectivity index (χ4v) is 4.58. The summed E-state index contributed by atoms with van der Waals surface area (Å²) in [6.07, 6.45) is 7.24. The number of hydrogen-bond acceptors (Lipinski definition) is 2. The van der Waals surface area contributed by atoms with Gasteiger partial charge in [0.25, 0.3) is 0 Å².